The molecule has 0 radical (unpaired) electrons. The minimum Gasteiger partial charge on any atom is -0.364 e. The molecule has 0 saturated carbocycles. The van der Waals surface area contributed by atoms with E-state index in [1.807, 2.05) is 16.7 Å². The molecule has 4 rings (SSSR count). The van der Waals surface area contributed by atoms with Crippen LogP contribution in [0.3, 0.4) is 0 Å². The molecule has 0 bridgehead atoms. The third-order valence-corrected chi connectivity index (χ3v) is 6.15. The Kier molecular flexibility index (Phi) is 5.22. The number of hydrogen-bond acceptors (Lipinski definition) is 5. The third-order valence-electron chi connectivity index (χ3n) is 5.10. The Bertz CT molecular complexity index is 955. The molecule has 1 N–H and O–H groups in total. The van der Waals surface area contributed by atoms with Gasteiger partial charge in [-0.2, -0.15) is 0 Å². The summed E-state index contributed by atoms with van der Waals surface area (Å²) in [4.78, 5) is 21.1. The van der Waals surface area contributed by atoms with Crippen LogP contribution in [0.1, 0.15) is 32.6 Å². The lowest BCUT2D eigenvalue weighted by Gasteiger charge is -2.26. The van der Waals surface area contributed by atoms with Gasteiger partial charge in [-0.15, -0.1) is 11.3 Å². The summed E-state index contributed by atoms with van der Waals surface area (Å²) < 4.78 is 3.09. The van der Waals surface area contributed by atoms with Gasteiger partial charge < -0.3 is 14.8 Å². The number of thiophene rings is 1. The maximum Gasteiger partial charge on any atom is 0.293 e. The molecule has 0 amide bonds. The number of aromatic nitrogens is 2. The van der Waals surface area contributed by atoms with Crippen LogP contribution in [0.4, 0.5) is 5.82 Å². The summed E-state index contributed by atoms with van der Waals surface area (Å²) in [6.45, 7) is 6.91. The van der Waals surface area contributed by atoms with Crippen molar-refractivity contribution < 1.29 is 0 Å². The average Bonchev–Trinajstić information content (AvgIpc) is 3.04. The number of fused-ring (bicyclic) bond motifs is 3. The Balaban J connectivity index is 1.65. The second-order valence-corrected chi connectivity index (χ2v) is 8.03. The minimum atomic E-state index is 0.00143. The summed E-state index contributed by atoms with van der Waals surface area (Å²) in [5.41, 5.74) is 0.987. The number of piperidine rings is 1. The second-order valence-electron chi connectivity index (χ2n) is 7.00. The summed E-state index contributed by atoms with van der Waals surface area (Å²) in [6, 6.07) is 8.26. The van der Waals surface area contributed by atoms with Crippen molar-refractivity contribution in [2.24, 2.45) is 0 Å². The van der Waals surface area contributed by atoms with Crippen molar-refractivity contribution in [2.45, 2.75) is 39.2 Å². The normalized spacial score (nSPS) is 15.7. The zero-order valence-electron chi connectivity index (χ0n) is 15.3. The van der Waals surface area contributed by atoms with Crippen LogP contribution in [-0.4, -0.2) is 40.6 Å². The number of benzene rings is 1. The average molecular weight is 371 g/mol. The fourth-order valence-electron chi connectivity index (χ4n) is 3.80. The Morgan fingerprint density at radius 3 is 2.77 bits per heavy atom. The quantitative estimate of drug-likeness (QED) is 0.714. The summed E-state index contributed by atoms with van der Waals surface area (Å²) in [6.07, 6.45) is 4.84. The van der Waals surface area contributed by atoms with Crippen LogP contribution in [0.5, 0.6) is 0 Å². The molecule has 2 aromatic heterocycles. The summed E-state index contributed by atoms with van der Waals surface area (Å²) in [7, 11) is 0. The Morgan fingerprint density at radius 2 is 1.96 bits per heavy atom. The Hall–Kier alpha value is -1.92. The lowest BCUT2D eigenvalue weighted by molar-refractivity contribution is 0.237. The van der Waals surface area contributed by atoms with E-state index in [1.54, 1.807) is 11.3 Å². The van der Waals surface area contributed by atoms with E-state index < -0.39 is 0 Å². The van der Waals surface area contributed by atoms with E-state index in [1.165, 1.54) is 37.1 Å². The van der Waals surface area contributed by atoms with E-state index in [0.717, 1.165) is 41.8 Å². The topological polar surface area (TPSA) is 50.2 Å². The maximum atomic E-state index is 13.0. The number of nitrogens with one attached hydrogen (secondary N) is 1. The van der Waals surface area contributed by atoms with Gasteiger partial charge in [-0.25, -0.2) is 4.98 Å². The summed E-state index contributed by atoms with van der Waals surface area (Å²) in [5.74, 6) is 0.495. The van der Waals surface area contributed by atoms with Crippen molar-refractivity contribution >= 4 is 37.6 Å². The van der Waals surface area contributed by atoms with Crippen LogP contribution >= 0.6 is 11.3 Å². The molecule has 0 spiro atoms. The molecule has 26 heavy (non-hydrogen) atoms. The van der Waals surface area contributed by atoms with Gasteiger partial charge >= 0.3 is 0 Å². The Labute approximate surface area is 157 Å². The van der Waals surface area contributed by atoms with Crippen molar-refractivity contribution in [3.8, 4) is 0 Å². The van der Waals surface area contributed by atoms with Gasteiger partial charge in [0.2, 0.25) is 0 Å². The van der Waals surface area contributed by atoms with Crippen molar-refractivity contribution in [2.75, 3.05) is 31.5 Å². The first-order valence-electron chi connectivity index (χ1n) is 9.66. The van der Waals surface area contributed by atoms with Gasteiger partial charge in [0.15, 0.2) is 5.82 Å². The highest BCUT2D eigenvalue weighted by molar-refractivity contribution is 7.25. The molecule has 0 aliphatic carbocycles. The first-order valence-corrected chi connectivity index (χ1v) is 10.5. The van der Waals surface area contributed by atoms with Gasteiger partial charge in [-0.3, -0.25) is 4.79 Å². The van der Waals surface area contributed by atoms with Gasteiger partial charge in [-0.05, 0) is 38.4 Å². The number of likely N-dealkylation sites (tertiary alicyclic amines) is 1. The number of aryl methyl sites for hydroxylation is 1. The molecule has 1 aliphatic heterocycles. The molecule has 0 atom stereocenters. The predicted molar refractivity (Wildman–Crippen MR) is 110 cm³/mol. The van der Waals surface area contributed by atoms with E-state index >= 15 is 0 Å². The first-order chi connectivity index (χ1) is 12.8. The molecule has 1 aromatic carbocycles. The fourth-order valence-corrected chi connectivity index (χ4v) is 4.89. The molecule has 6 heteroatoms. The van der Waals surface area contributed by atoms with Gasteiger partial charge in [0.25, 0.3) is 5.56 Å². The first kappa shape index (κ1) is 17.5. The number of hydrogen-bond donors (Lipinski definition) is 1. The fraction of sp³-hybridized carbons (Fsp3) is 0.500. The molecule has 5 nitrogen and oxygen atoms in total. The molecule has 3 aromatic rings. The van der Waals surface area contributed by atoms with Gasteiger partial charge in [-0.1, -0.05) is 31.5 Å². The van der Waals surface area contributed by atoms with Gasteiger partial charge in [0.1, 0.15) is 4.83 Å². The zero-order valence-corrected chi connectivity index (χ0v) is 16.1. The van der Waals surface area contributed by atoms with E-state index in [4.69, 9.17) is 4.98 Å². The number of anilines is 1. The largest absolute Gasteiger partial charge is 0.364 e. The molecule has 1 fully saturated rings. The summed E-state index contributed by atoms with van der Waals surface area (Å²) >= 11 is 1.66. The summed E-state index contributed by atoms with van der Waals surface area (Å²) in [5, 5.41) is 4.45. The van der Waals surface area contributed by atoms with Crippen LogP contribution in [0.2, 0.25) is 0 Å². The molecule has 0 unspecified atom stereocenters. The van der Waals surface area contributed by atoms with Gasteiger partial charge in [0.05, 0.1) is 5.52 Å². The number of rotatable bonds is 6. The molecule has 3 heterocycles. The maximum absolute atomic E-state index is 13.0. The molecule has 1 saturated heterocycles. The lowest BCUT2D eigenvalue weighted by Crippen LogP contribution is -2.35. The van der Waals surface area contributed by atoms with Crippen LogP contribution in [0.25, 0.3) is 20.4 Å². The van der Waals surface area contributed by atoms with Crippen molar-refractivity contribution in [3.63, 3.8) is 0 Å². The van der Waals surface area contributed by atoms with Crippen LogP contribution in [0, 0.1) is 0 Å². The third kappa shape index (κ3) is 3.35. The molecular weight excluding hydrogens is 344 g/mol. The zero-order chi connectivity index (χ0) is 17.9. The van der Waals surface area contributed by atoms with E-state index in [0.29, 0.717) is 5.82 Å². The lowest BCUT2D eigenvalue weighted by atomic mass is 10.1. The van der Waals surface area contributed by atoms with E-state index in [2.05, 4.69) is 29.3 Å². The van der Waals surface area contributed by atoms with Crippen LogP contribution < -0.4 is 10.9 Å². The minimum absolute atomic E-state index is 0.00143. The van der Waals surface area contributed by atoms with Crippen molar-refractivity contribution in [1.29, 1.82) is 0 Å². The number of nitrogens with zero attached hydrogens (tertiary/aromatic N) is 3. The SMILES string of the molecule is CCCn1c(=O)c(NCCN2CCCCC2)nc2sc3ccccc3c21. The molecule has 138 valence electrons. The highest BCUT2D eigenvalue weighted by Gasteiger charge is 2.16. The van der Waals surface area contributed by atoms with Crippen molar-refractivity contribution in [1.82, 2.24) is 14.5 Å². The smallest absolute Gasteiger partial charge is 0.293 e. The second kappa shape index (κ2) is 7.76. The Morgan fingerprint density at radius 1 is 1.15 bits per heavy atom. The molecular formula is C20H26N4OS. The highest BCUT2D eigenvalue weighted by atomic mass is 32.1. The predicted octanol–water partition coefficient (Wildman–Crippen LogP) is 3.92. The standard InChI is InChI=1S/C20H26N4OS/c1-2-11-24-17-15-8-4-5-9-16(15)26-19(17)22-18(20(24)25)21-10-14-23-12-6-3-7-13-23/h4-5,8-9H,2-3,6-7,10-14H2,1H3,(H,21,22). The molecule has 1 aliphatic rings. The monoisotopic (exact) mass is 370 g/mol. The van der Waals surface area contributed by atoms with Crippen LogP contribution in [0.15, 0.2) is 29.1 Å². The van der Waals surface area contributed by atoms with E-state index in [-0.39, 0.29) is 5.56 Å². The van der Waals surface area contributed by atoms with Gasteiger partial charge in [0, 0.05) is 29.7 Å². The van der Waals surface area contributed by atoms with Crippen LogP contribution in [-0.2, 0) is 6.54 Å². The van der Waals surface area contributed by atoms with Crippen molar-refractivity contribution in [3.05, 3.63) is 34.6 Å². The highest BCUT2D eigenvalue weighted by Crippen LogP contribution is 2.32. The van der Waals surface area contributed by atoms with E-state index in [9.17, 15) is 4.79 Å².